The molecular formula is C22H22N6O. The molecule has 7 nitrogen and oxygen atoms in total. The smallest absolute Gasteiger partial charge is 0.153 e. The molecule has 0 aliphatic heterocycles. The minimum Gasteiger partial charge on any atom is -0.390 e. The van der Waals surface area contributed by atoms with Crippen LogP contribution < -0.4 is 11.1 Å². The quantitative estimate of drug-likeness (QED) is 0.494. The number of aromatic nitrogens is 4. The summed E-state index contributed by atoms with van der Waals surface area (Å²) in [5.41, 5.74) is 9.97. The Bertz CT molecular complexity index is 1160. The molecule has 146 valence electrons. The number of nitrogen functional groups attached to an aromatic ring is 1. The van der Waals surface area contributed by atoms with E-state index in [0.717, 1.165) is 28.5 Å². The molecule has 0 saturated heterocycles. The van der Waals surface area contributed by atoms with E-state index in [1.54, 1.807) is 4.52 Å². The van der Waals surface area contributed by atoms with Gasteiger partial charge in [-0.2, -0.15) is 5.10 Å². The number of benzene rings is 2. The fraction of sp³-hybridized carbons (Fsp3) is 0.227. The van der Waals surface area contributed by atoms with Crippen molar-refractivity contribution in [3.05, 3.63) is 66.7 Å². The van der Waals surface area contributed by atoms with Crippen LogP contribution in [-0.2, 0) is 0 Å². The molecule has 4 aromatic rings. The average Bonchev–Trinajstić information content (AvgIpc) is 3.08. The van der Waals surface area contributed by atoms with Crippen molar-refractivity contribution >= 4 is 22.7 Å². The molecule has 1 aliphatic rings. The summed E-state index contributed by atoms with van der Waals surface area (Å²) in [7, 11) is 0. The van der Waals surface area contributed by atoms with Crippen LogP contribution in [0, 0.1) is 0 Å². The monoisotopic (exact) mass is 386 g/mol. The summed E-state index contributed by atoms with van der Waals surface area (Å²) in [5, 5.41) is 17.9. The van der Waals surface area contributed by atoms with E-state index in [4.69, 9.17) is 10.7 Å². The molecule has 0 atom stereocenters. The molecule has 2 heterocycles. The second-order valence-electron chi connectivity index (χ2n) is 7.89. The Morgan fingerprint density at radius 1 is 1.07 bits per heavy atom. The maximum Gasteiger partial charge on any atom is 0.153 e. The van der Waals surface area contributed by atoms with E-state index in [9.17, 15) is 5.11 Å². The van der Waals surface area contributed by atoms with Crippen LogP contribution in [0.1, 0.15) is 31.5 Å². The van der Waals surface area contributed by atoms with Crippen molar-refractivity contribution in [2.24, 2.45) is 0 Å². The van der Waals surface area contributed by atoms with Crippen molar-refractivity contribution in [2.75, 3.05) is 11.1 Å². The summed E-state index contributed by atoms with van der Waals surface area (Å²) in [6, 6.07) is 18.1. The van der Waals surface area contributed by atoms with Gasteiger partial charge in [-0.25, -0.2) is 14.5 Å². The molecule has 0 spiro atoms. The molecule has 0 radical (unpaired) electrons. The second-order valence-corrected chi connectivity index (χ2v) is 7.89. The van der Waals surface area contributed by atoms with Crippen LogP contribution in [0.4, 0.5) is 17.2 Å². The largest absolute Gasteiger partial charge is 0.390 e. The van der Waals surface area contributed by atoms with E-state index >= 15 is 0 Å². The standard InChI is InChI=1S/C22H22N6O/c1-22(29)11-15(12-22)21-27-18(19-20(23)24-13-25-28(19)21)14-7-9-17(10-8-14)26-16-5-3-2-4-6-16/h2-10,13,15,26,29H,11-12H2,1H3,(H2,23,24,25)/t15-,22+. The van der Waals surface area contributed by atoms with Crippen LogP contribution in [0.2, 0.25) is 0 Å². The van der Waals surface area contributed by atoms with E-state index < -0.39 is 5.60 Å². The second kappa shape index (κ2) is 6.56. The van der Waals surface area contributed by atoms with Crippen LogP contribution in [0.5, 0.6) is 0 Å². The molecule has 0 unspecified atom stereocenters. The van der Waals surface area contributed by atoms with Gasteiger partial charge in [-0.15, -0.1) is 0 Å². The molecule has 1 saturated carbocycles. The molecule has 29 heavy (non-hydrogen) atoms. The van der Waals surface area contributed by atoms with Gasteiger partial charge >= 0.3 is 0 Å². The fourth-order valence-corrected chi connectivity index (χ4v) is 4.03. The summed E-state index contributed by atoms with van der Waals surface area (Å²) in [6.07, 6.45) is 2.77. The number of anilines is 3. The van der Waals surface area contributed by atoms with Crippen LogP contribution in [-0.4, -0.2) is 30.3 Å². The van der Waals surface area contributed by atoms with Gasteiger partial charge in [-0.05, 0) is 44.0 Å². The number of para-hydroxylation sites is 1. The molecule has 1 aliphatic carbocycles. The third kappa shape index (κ3) is 3.19. The minimum absolute atomic E-state index is 0.152. The lowest BCUT2D eigenvalue weighted by Crippen LogP contribution is -2.40. The Morgan fingerprint density at radius 2 is 1.76 bits per heavy atom. The summed E-state index contributed by atoms with van der Waals surface area (Å²) < 4.78 is 1.77. The number of imidazole rings is 1. The summed E-state index contributed by atoms with van der Waals surface area (Å²) in [5.74, 6) is 1.37. The van der Waals surface area contributed by atoms with Gasteiger partial charge in [0.1, 0.15) is 23.4 Å². The summed E-state index contributed by atoms with van der Waals surface area (Å²) in [6.45, 7) is 1.85. The first-order valence-electron chi connectivity index (χ1n) is 9.64. The van der Waals surface area contributed by atoms with E-state index in [2.05, 4.69) is 15.4 Å². The molecule has 2 aromatic heterocycles. The SMILES string of the molecule is C[C@]1(O)C[C@@H](c2nc(-c3ccc(Nc4ccccc4)cc3)c3c(N)ncnn32)C1. The van der Waals surface area contributed by atoms with Crippen molar-refractivity contribution in [2.45, 2.75) is 31.3 Å². The Labute approximate surface area is 168 Å². The molecule has 5 rings (SSSR count). The first-order chi connectivity index (χ1) is 14.0. The van der Waals surface area contributed by atoms with Gasteiger partial charge in [0.15, 0.2) is 5.82 Å². The topological polar surface area (TPSA) is 101 Å². The Kier molecular flexibility index (Phi) is 3.99. The number of nitrogens with one attached hydrogen (secondary N) is 1. The van der Waals surface area contributed by atoms with Gasteiger partial charge in [0.2, 0.25) is 0 Å². The Morgan fingerprint density at radius 3 is 2.45 bits per heavy atom. The molecule has 0 amide bonds. The highest BCUT2D eigenvalue weighted by molar-refractivity contribution is 5.85. The maximum atomic E-state index is 10.1. The van der Waals surface area contributed by atoms with Gasteiger partial charge in [0, 0.05) is 22.9 Å². The lowest BCUT2D eigenvalue weighted by molar-refractivity contribution is -0.0337. The first-order valence-corrected chi connectivity index (χ1v) is 9.64. The molecule has 2 aromatic carbocycles. The minimum atomic E-state index is -0.639. The van der Waals surface area contributed by atoms with Crippen LogP contribution in [0.15, 0.2) is 60.9 Å². The van der Waals surface area contributed by atoms with Crippen LogP contribution in [0.25, 0.3) is 16.8 Å². The lowest BCUT2D eigenvalue weighted by Gasteiger charge is -2.39. The van der Waals surface area contributed by atoms with Crippen molar-refractivity contribution in [1.82, 2.24) is 19.6 Å². The zero-order chi connectivity index (χ0) is 20.0. The number of hydrogen-bond donors (Lipinski definition) is 3. The maximum absolute atomic E-state index is 10.1. The summed E-state index contributed by atoms with van der Waals surface area (Å²) in [4.78, 5) is 9.03. The van der Waals surface area contributed by atoms with E-state index in [1.165, 1.54) is 6.33 Å². The number of hydrogen-bond acceptors (Lipinski definition) is 6. The van der Waals surface area contributed by atoms with Gasteiger partial charge < -0.3 is 16.2 Å². The first kappa shape index (κ1) is 17.6. The third-order valence-electron chi connectivity index (χ3n) is 5.44. The van der Waals surface area contributed by atoms with Crippen LogP contribution >= 0.6 is 0 Å². The van der Waals surface area contributed by atoms with E-state index in [-0.39, 0.29) is 5.92 Å². The predicted molar refractivity (Wildman–Crippen MR) is 113 cm³/mol. The van der Waals surface area contributed by atoms with Gasteiger partial charge in [-0.1, -0.05) is 30.3 Å². The molecule has 0 bridgehead atoms. The van der Waals surface area contributed by atoms with Crippen molar-refractivity contribution in [3.8, 4) is 11.3 Å². The number of nitrogens with two attached hydrogens (primary N) is 1. The normalized spacial score (nSPS) is 21.1. The molecule has 4 N–H and O–H groups in total. The number of nitrogens with zero attached hydrogens (tertiary/aromatic N) is 4. The fourth-order valence-electron chi connectivity index (χ4n) is 4.03. The average molecular weight is 386 g/mol. The third-order valence-corrected chi connectivity index (χ3v) is 5.44. The highest BCUT2D eigenvalue weighted by Gasteiger charge is 2.42. The highest BCUT2D eigenvalue weighted by atomic mass is 16.3. The van der Waals surface area contributed by atoms with Crippen molar-refractivity contribution < 1.29 is 5.11 Å². The highest BCUT2D eigenvalue weighted by Crippen LogP contribution is 2.45. The Balaban J connectivity index is 1.51. The molecule has 7 heteroatoms. The molecule has 1 fully saturated rings. The van der Waals surface area contributed by atoms with E-state index in [1.807, 2.05) is 61.5 Å². The van der Waals surface area contributed by atoms with Gasteiger partial charge in [-0.3, -0.25) is 0 Å². The zero-order valence-electron chi connectivity index (χ0n) is 16.1. The lowest BCUT2D eigenvalue weighted by atomic mass is 9.72. The number of rotatable bonds is 4. The summed E-state index contributed by atoms with van der Waals surface area (Å²) >= 11 is 0. The Hall–Kier alpha value is -3.45. The molecular weight excluding hydrogens is 364 g/mol. The predicted octanol–water partition coefficient (Wildman–Crippen LogP) is 3.75. The van der Waals surface area contributed by atoms with Gasteiger partial charge in [0.05, 0.1) is 5.60 Å². The van der Waals surface area contributed by atoms with E-state index in [0.29, 0.717) is 24.2 Å². The zero-order valence-corrected chi connectivity index (χ0v) is 16.1. The number of fused-ring (bicyclic) bond motifs is 1. The van der Waals surface area contributed by atoms with Gasteiger partial charge in [0.25, 0.3) is 0 Å². The van der Waals surface area contributed by atoms with Crippen molar-refractivity contribution in [1.29, 1.82) is 0 Å². The van der Waals surface area contributed by atoms with Crippen LogP contribution in [0.3, 0.4) is 0 Å². The number of aliphatic hydroxyl groups is 1. The van der Waals surface area contributed by atoms with Crippen molar-refractivity contribution in [3.63, 3.8) is 0 Å².